The molecule has 0 unspecified atom stereocenters. The van der Waals surface area contributed by atoms with Crippen LogP contribution in [-0.2, 0) is 6.54 Å². The molecule has 120 valence electrons. The maximum atomic E-state index is 12.6. The van der Waals surface area contributed by atoms with E-state index in [4.69, 9.17) is 5.21 Å². The highest BCUT2D eigenvalue weighted by Crippen LogP contribution is 2.35. The van der Waals surface area contributed by atoms with Crippen molar-refractivity contribution in [2.24, 2.45) is 0 Å². The molecule has 0 atom stereocenters. The Morgan fingerprint density at radius 1 is 1.43 bits per heavy atom. The summed E-state index contributed by atoms with van der Waals surface area (Å²) in [5, 5.41) is 11.4. The number of hydrogen-bond donors (Lipinski definition) is 2. The third-order valence-corrected chi connectivity index (χ3v) is 5.65. The van der Waals surface area contributed by atoms with E-state index in [1.807, 2.05) is 19.9 Å². The molecule has 3 heterocycles. The van der Waals surface area contributed by atoms with Crippen molar-refractivity contribution in [1.82, 2.24) is 15.4 Å². The first kappa shape index (κ1) is 15.9. The lowest BCUT2D eigenvalue weighted by Crippen LogP contribution is -2.35. The van der Waals surface area contributed by atoms with Crippen LogP contribution in [0.2, 0.25) is 0 Å². The Morgan fingerprint density at radius 3 is 2.83 bits per heavy atom. The average Bonchev–Trinajstić information content (AvgIpc) is 3.18. The summed E-state index contributed by atoms with van der Waals surface area (Å²) >= 11 is 2.77. The monoisotopic (exact) mass is 349 g/mol. The van der Waals surface area contributed by atoms with Crippen molar-refractivity contribution in [3.8, 4) is 0 Å². The predicted octanol–water partition coefficient (Wildman–Crippen LogP) is 2.69. The summed E-state index contributed by atoms with van der Waals surface area (Å²) in [6.45, 7) is 4.69. The normalized spacial score (nSPS) is 15.6. The molecule has 2 amide bonds. The number of aryl methyl sites for hydroxylation is 1. The summed E-state index contributed by atoms with van der Waals surface area (Å²) in [6, 6.07) is 1.72. The Balaban J connectivity index is 1.92. The minimum atomic E-state index is -0.534. The molecule has 6 nitrogen and oxygen atoms in total. The highest BCUT2D eigenvalue weighted by Gasteiger charge is 2.28. The number of allylic oxidation sites excluding steroid dienone is 1. The summed E-state index contributed by atoms with van der Waals surface area (Å²) in [5.41, 5.74) is 4.01. The largest absolute Gasteiger partial charge is 0.329 e. The fourth-order valence-electron chi connectivity index (χ4n) is 2.51. The van der Waals surface area contributed by atoms with Gasteiger partial charge in [0, 0.05) is 23.3 Å². The van der Waals surface area contributed by atoms with Crippen molar-refractivity contribution >= 4 is 40.1 Å². The van der Waals surface area contributed by atoms with Crippen molar-refractivity contribution < 1.29 is 14.8 Å². The first-order valence-corrected chi connectivity index (χ1v) is 8.67. The number of thiazole rings is 1. The fourth-order valence-corrected chi connectivity index (χ4v) is 4.23. The number of nitrogens with one attached hydrogen (secondary N) is 1. The first-order valence-electron chi connectivity index (χ1n) is 6.97. The molecule has 0 aromatic carbocycles. The maximum Gasteiger partial charge on any atom is 0.284 e. The van der Waals surface area contributed by atoms with Crippen molar-refractivity contribution in [2.45, 2.75) is 20.4 Å². The van der Waals surface area contributed by atoms with Gasteiger partial charge in [0.2, 0.25) is 0 Å². The number of aromatic nitrogens is 1. The highest BCUT2D eigenvalue weighted by molar-refractivity contribution is 7.15. The number of rotatable bonds is 2. The molecule has 2 N–H and O–H groups in total. The van der Waals surface area contributed by atoms with Gasteiger partial charge in [-0.15, -0.1) is 22.7 Å². The maximum absolute atomic E-state index is 12.6. The number of amides is 2. The lowest BCUT2D eigenvalue weighted by Gasteiger charge is -2.28. The number of carbonyl (C=O) groups excluding carboxylic acids is 2. The molecule has 0 radical (unpaired) electrons. The second-order valence-corrected chi connectivity index (χ2v) is 7.25. The Morgan fingerprint density at radius 2 is 2.22 bits per heavy atom. The van der Waals surface area contributed by atoms with E-state index in [0.29, 0.717) is 23.7 Å². The van der Waals surface area contributed by atoms with Crippen molar-refractivity contribution in [1.29, 1.82) is 0 Å². The molecule has 2 aromatic rings. The van der Waals surface area contributed by atoms with Gasteiger partial charge in [-0.25, -0.2) is 10.5 Å². The minimum absolute atomic E-state index is 0.112. The number of carbonyl (C=O) groups is 2. The van der Waals surface area contributed by atoms with Crippen molar-refractivity contribution in [3.63, 3.8) is 0 Å². The summed E-state index contributed by atoms with van der Waals surface area (Å²) in [5.74, 6) is -0.647. The van der Waals surface area contributed by atoms with E-state index < -0.39 is 5.91 Å². The van der Waals surface area contributed by atoms with Crippen LogP contribution >= 0.6 is 22.7 Å². The van der Waals surface area contributed by atoms with E-state index in [1.54, 1.807) is 21.8 Å². The number of hydrogen-bond acceptors (Lipinski definition) is 6. The third kappa shape index (κ3) is 2.92. The van der Waals surface area contributed by atoms with Crippen LogP contribution < -0.4 is 5.48 Å². The van der Waals surface area contributed by atoms with Gasteiger partial charge in [-0.1, -0.05) is 6.08 Å². The Labute approximate surface area is 141 Å². The summed E-state index contributed by atoms with van der Waals surface area (Å²) < 4.78 is 0. The van der Waals surface area contributed by atoms with Crippen LogP contribution in [0.4, 0.5) is 0 Å². The summed E-state index contributed by atoms with van der Waals surface area (Å²) in [7, 11) is 0. The van der Waals surface area contributed by atoms with Crippen LogP contribution in [0.25, 0.3) is 5.57 Å². The van der Waals surface area contributed by atoms with Gasteiger partial charge in [0.05, 0.1) is 9.88 Å². The fraction of sp³-hybridized carbons (Fsp3) is 0.267. The minimum Gasteiger partial charge on any atom is -0.329 e. The first-order chi connectivity index (χ1) is 11.0. The molecule has 1 aliphatic rings. The van der Waals surface area contributed by atoms with Crippen molar-refractivity contribution in [2.75, 3.05) is 6.54 Å². The zero-order chi connectivity index (χ0) is 16.6. The summed E-state index contributed by atoms with van der Waals surface area (Å²) in [6.07, 6.45) is 1.95. The quantitative estimate of drug-likeness (QED) is 0.645. The van der Waals surface area contributed by atoms with E-state index in [1.165, 1.54) is 22.7 Å². The van der Waals surface area contributed by atoms with Gasteiger partial charge in [0.1, 0.15) is 5.69 Å². The van der Waals surface area contributed by atoms with Gasteiger partial charge in [-0.3, -0.25) is 14.8 Å². The Kier molecular flexibility index (Phi) is 4.29. The molecular formula is C15H15N3O3S2. The molecule has 8 heteroatoms. The molecule has 0 bridgehead atoms. The summed E-state index contributed by atoms with van der Waals surface area (Å²) in [4.78, 5) is 31.6. The van der Waals surface area contributed by atoms with E-state index in [9.17, 15) is 9.59 Å². The van der Waals surface area contributed by atoms with Gasteiger partial charge < -0.3 is 4.90 Å². The molecule has 3 rings (SSSR count). The Bertz CT molecular complexity index is 807. The SMILES string of the molecule is C/C=C1\CN(C(=O)c2csc(C)n2)Cc2cc(C(=O)NO)sc21. The second-order valence-electron chi connectivity index (χ2n) is 5.13. The topological polar surface area (TPSA) is 82.5 Å². The van der Waals surface area contributed by atoms with Crippen LogP contribution in [0.3, 0.4) is 0 Å². The van der Waals surface area contributed by atoms with Crippen LogP contribution in [0.15, 0.2) is 17.5 Å². The standard InChI is InChI=1S/C15H15N3O3S2/c1-3-9-5-18(15(20)11-7-22-8(2)16-11)6-10-4-12(14(19)17-21)23-13(9)10/h3-4,7,21H,5-6H2,1-2H3,(H,17,19)/b9-3+. The third-order valence-electron chi connectivity index (χ3n) is 3.62. The van der Waals surface area contributed by atoms with Gasteiger partial charge in [0.15, 0.2) is 0 Å². The highest BCUT2D eigenvalue weighted by atomic mass is 32.1. The van der Waals surface area contributed by atoms with E-state index in [-0.39, 0.29) is 5.91 Å². The van der Waals surface area contributed by atoms with Gasteiger partial charge in [-0.05, 0) is 31.1 Å². The zero-order valence-electron chi connectivity index (χ0n) is 12.6. The number of fused-ring (bicyclic) bond motifs is 1. The predicted molar refractivity (Wildman–Crippen MR) is 88.8 cm³/mol. The van der Waals surface area contributed by atoms with Gasteiger partial charge >= 0.3 is 0 Å². The molecule has 0 fully saturated rings. The molecule has 0 saturated heterocycles. The molecule has 0 saturated carbocycles. The molecule has 0 spiro atoms. The lowest BCUT2D eigenvalue weighted by molar-refractivity contribution is 0.0711. The molecule has 23 heavy (non-hydrogen) atoms. The molecule has 0 aliphatic carbocycles. The van der Waals surface area contributed by atoms with Crippen LogP contribution in [0, 0.1) is 6.92 Å². The molecule has 1 aliphatic heterocycles. The van der Waals surface area contributed by atoms with E-state index >= 15 is 0 Å². The number of thiophene rings is 1. The molecular weight excluding hydrogens is 334 g/mol. The van der Waals surface area contributed by atoms with Crippen LogP contribution in [0.5, 0.6) is 0 Å². The molecule has 2 aromatic heterocycles. The zero-order valence-corrected chi connectivity index (χ0v) is 14.3. The van der Waals surface area contributed by atoms with Gasteiger partial charge in [0.25, 0.3) is 11.8 Å². The smallest absolute Gasteiger partial charge is 0.284 e. The average molecular weight is 349 g/mol. The Hall–Kier alpha value is -2.03. The van der Waals surface area contributed by atoms with Crippen LogP contribution in [0.1, 0.15) is 42.5 Å². The number of nitrogens with zero attached hydrogens (tertiary/aromatic N) is 2. The van der Waals surface area contributed by atoms with E-state index in [0.717, 1.165) is 21.0 Å². The lowest BCUT2D eigenvalue weighted by atomic mass is 10.0. The van der Waals surface area contributed by atoms with E-state index in [2.05, 4.69) is 4.98 Å². The van der Waals surface area contributed by atoms with Crippen LogP contribution in [-0.4, -0.2) is 33.5 Å². The second kappa shape index (κ2) is 6.23. The number of hydroxylamine groups is 1. The van der Waals surface area contributed by atoms with Gasteiger partial charge in [-0.2, -0.15) is 0 Å². The van der Waals surface area contributed by atoms with Crippen molar-refractivity contribution in [3.05, 3.63) is 43.5 Å².